The van der Waals surface area contributed by atoms with Crippen molar-refractivity contribution >= 4 is 30.4 Å². The molecule has 1 saturated heterocycles. The zero-order valence-electron chi connectivity index (χ0n) is 29.8. The minimum atomic E-state index is -4.52. The van der Waals surface area contributed by atoms with E-state index in [1.165, 1.54) is 22.9 Å². The van der Waals surface area contributed by atoms with Crippen LogP contribution in [-0.4, -0.2) is 46.3 Å². The molecule has 8 rings (SSSR count). The van der Waals surface area contributed by atoms with E-state index in [9.17, 15) is 27.6 Å². The number of halogens is 3. The number of amides is 3. The summed E-state index contributed by atoms with van der Waals surface area (Å²) in [6.45, 7) is 10.2. The number of carbonyl (C=O) groups is 2. The van der Waals surface area contributed by atoms with Crippen molar-refractivity contribution in [1.82, 2.24) is 20.2 Å². The van der Waals surface area contributed by atoms with Crippen molar-refractivity contribution in [3.63, 3.8) is 0 Å². The lowest BCUT2D eigenvalue weighted by molar-refractivity contribution is -0.185. The number of aromatic nitrogens is 2. The summed E-state index contributed by atoms with van der Waals surface area (Å²) in [7, 11) is -0.684. The lowest BCUT2D eigenvalue weighted by Crippen LogP contribution is -2.63. The predicted molar refractivity (Wildman–Crippen MR) is 189 cm³/mol. The Labute approximate surface area is 300 Å². The van der Waals surface area contributed by atoms with Gasteiger partial charge in [0.1, 0.15) is 17.6 Å². The van der Waals surface area contributed by atoms with E-state index < -0.39 is 59.5 Å². The average Bonchev–Trinajstić information content (AvgIpc) is 3.61. The Hall–Kier alpha value is -4.37. The number of hydrogen-bond acceptors (Lipinski definition) is 7. The number of rotatable bonds is 9. The Bertz CT molecular complexity index is 1930. The van der Waals surface area contributed by atoms with Gasteiger partial charge < -0.3 is 30.6 Å². The van der Waals surface area contributed by atoms with Gasteiger partial charge in [0.15, 0.2) is 0 Å². The Kier molecular flexibility index (Phi) is 8.96. The number of anilines is 2. The van der Waals surface area contributed by atoms with Gasteiger partial charge in [-0.05, 0) is 80.2 Å². The quantitative estimate of drug-likeness (QED) is 0.199. The number of nitrogens with one attached hydrogen (secondary N) is 4. The fraction of sp³-hybridized carbons (Fsp3) is 0.514. The van der Waals surface area contributed by atoms with Crippen molar-refractivity contribution in [2.24, 2.45) is 17.3 Å². The molecule has 2 unspecified atom stereocenters. The molecule has 3 aliphatic carbocycles. The second-order valence-corrected chi connectivity index (χ2v) is 15.7. The van der Waals surface area contributed by atoms with Crippen LogP contribution >= 0.6 is 0 Å². The summed E-state index contributed by atoms with van der Waals surface area (Å²) < 4.78 is 54.4. The van der Waals surface area contributed by atoms with Crippen molar-refractivity contribution in [3.05, 3.63) is 88.1 Å². The average molecular weight is 721 g/mol. The summed E-state index contributed by atoms with van der Waals surface area (Å²) in [5.41, 5.74) is -2.12. The van der Waals surface area contributed by atoms with Gasteiger partial charge >= 0.3 is 19.3 Å². The molecule has 2 aliphatic heterocycles. The topological polar surface area (TPSA) is 136 Å². The van der Waals surface area contributed by atoms with E-state index in [2.05, 4.69) is 47.0 Å². The SMILES string of the molecule is CC[C@H](NC(=O)[C@@H]1C[C@@](C)(NC(=O)Nc2ccccc2)c2ncc(NCc3cccc(C(F)(F)F)c3)c(=O)n21)B1O[C@@H]2C3CC(C[C@]2(C)O1)C3(C)C. The molecule has 4 fully saturated rings. The molecule has 3 amide bonds. The van der Waals surface area contributed by atoms with Crippen molar-refractivity contribution < 1.29 is 32.1 Å². The molecule has 276 valence electrons. The molecule has 2 aromatic carbocycles. The highest BCUT2D eigenvalue weighted by atomic mass is 19.4. The van der Waals surface area contributed by atoms with E-state index in [1.54, 1.807) is 31.2 Å². The van der Waals surface area contributed by atoms with Gasteiger partial charge in [0, 0.05) is 18.7 Å². The van der Waals surface area contributed by atoms with Crippen LogP contribution in [0.15, 0.2) is 65.6 Å². The maximum Gasteiger partial charge on any atom is 0.481 e. The Morgan fingerprint density at radius 2 is 1.83 bits per heavy atom. The number of hydrogen-bond donors (Lipinski definition) is 4. The molecule has 1 aromatic heterocycles. The number of benzene rings is 2. The van der Waals surface area contributed by atoms with Crippen LogP contribution in [0.3, 0.4) is 0 Å². The molecule has 3 heterocycles. The second kappa shape index (κ2) is 12.9. The van der Waals surface area contributed by atoms with E-state index in [0.29, 0.717) is 29.5 Å². The van der Waals surface area contributed by atoms with Gasteiger partial charge in [-0.3, -0.25) is 14.2 Å². The largest absolute Gasteiger partial charge is 0.481 e. The van der Waals surface area contributed by atoms with Gasteiger partial charge in [-0.25, -0.2) is 9.78 Å². The van der Waals surface area contributed by atoms with Crippen LogP contribution in [0.1, 0.15) is 83.3 Å². The first kappa shape index (κ1) is 36.0. The van der Waals surface area contributed by atoms with E-state index >= 15 is 0 Å². The molecule has 52 heavy (non-hydrogen) atoms. The van der Waals surface area contributed by atoms with Gasteiger partial charge in [0.2, 0.25) is 5.91 Å². The lowest BCUT2D eigenvalue weighted by atomic mass is 9.45. The van der Waals surface area contributed by atoms with Gasteiger partial charge in [-0.15, -0.1) is 0 Å². The van der Waals surface area contributed by atoms with Crippen molar-refractivity contribution in [1.29, 1.82) is 0 Å². The first-order valence-corrected chi connectivity index (χ1v) is 17.8. The number of fused-ring (bicyclic) bond motifs is 1. The Morgan fingerprint density at radius 3 is 2.52 bits per heavy atom. The Morgan fingerprint density at radius 1 is 1.08 bits per heavy atom. The van der Waals surface area contributed by atoms with Gasteiger partial charge in [-0.1, -0.05) is 51.1 Å². The highest BCUT2D eigenvalue weighted by Gasteiger charge is 2.67. The summed E-state index contributed by atoms with van der Waals surface area (Å²) in [4.78, 5) is 46.2. The number of carbonyl (C=O) groups excluding carboxylic acids is 2. The minimum Gasteiger partial charge on any atom is -0.404 e. The molecule has 2 bridgehead atoms. The molecule has 11 nitrogen and oxygen atoms in total. The van der Waals surface area contributed by atoms with Crippen LogP contribution in [-0.2, 0) is 32.4 Å². The van der Waals surface area contributed by atoms with Crippen molar-refractivity contribution in [2.45, 2.75) is 102 Å². The molecule has 3 saturated carbocycles. The first-order chi connectivity index (χ1) is 24.5. The highest BCUT2D eigenvalue weighted by molar-refractivity contribution is 6.47. The maximum atomic E-state index is 14.3. The molecule has 5 aliphatic rings. The zero-order valence-corrected chi connectivity index (χ0v) is 29.8. The normalized spacial score (nSPS) is 29.0. The van der Waals surface area contributed by atoms with Gasteiger partial charge in [0.05, 0.1) is 34.9 Å². The number of urea groups is 1. The number of nitrogens with zero attached hydrogens (tertiary/aromatic N) is 2. The fourth-order valence-electron chi connectivity index (χ4n) is 8.72. The van der Waals surface area contributed by atoms with Crippen LogP contribution in [0.25, 0.3) is 0 Å². The smallest absolute Gasteiger partial charge is 0.404 e. The van der Waals surface area contributed by atoms with Crippen molar-refractivity contribution in [3.8, 4) is 0 Å². The predicted octanol–water partition coefficient (Wildman–Crippen LogP) is 6.02. The standard InChI is InChI=1S/C37H44BF3N6O5/c1-6-28(38-51-29-25-16-23(34(25,2)3)17-36(29,5)52-38)45-30(48)27-18-35(4,46-33(50)44-24-13-8-7-9-14-24)32-43-20-26(31(49)47(27)32)42-19-21-11-10-12-22(15-21)37(39,40)41/h7-15,20,23,25,27-29,42H,6,16-19H2,1-5H3,(H,45,48)(H2,44,46,50)/t23?,25?,27-,28-,29+,35+,36-/m0/s1. The molecule has 3 aromatic rings. The summed E-state index contributed by atoms with van der Waals surface area (Å²) in [6.07, 6.45) is -0.866. The third kappa shape index (κ3) is 6.35. The molecular weight excluding hydrogens is 676 g/mol. The van der Waals surface area contributed by atoms with Crippen LogP contribution in [0.5, 0.6) is 0 Å². The molecule has 4 N–H and O–H groups in total. The van der Waals surface area contributed by atoms with E-state index in [1.807, 2.05) is 13.0 Å². The van der Waals surface area contributed by atoms with Crippen LogP contribution in [0, 0.1) is 17.3 Å². The number of para-hydroxylation sites is 1. The fourth-order valence-corrected chi connectivity index (χ4v) is 8.72. The molecule has 0 spiro atoms. The monoisotopic (exact) mass is 720 g/mol. The van der Waals surface area contributed by atoms with Gasteiger partial charge in [-0.2, -0.15) is 13.2 Å². The van der Waals surface area contributed by atoms with E-state index in [0.717, 1.165) is 25.0 Å². The molecular formula is C37H44BF3N6O5. The third-order valence-corrected chi connectivity index (χ3v) is 11.8. The Balaban J connectivity index is 1.14. The third-order valence-electron chi connectivity index (χ3n) is 11.8. The molecule has 7 atom stereocenters. The number of alkyl halides is 3. The molecule has 0 radical (unpaired) electrons. The highest BCUT2D eigenvalue weighted by Crippen LogP contribution is 2.64. The lowest BCUT2D eigenvalue weighted by Gasteiger charge is -2.63. The zero-order chi connectivity index (χ0) is 37.2. The van der Waals surface area contributed by atoms with Crippen LogP contribution < -0.4 is 26.8 Å². The van der Waals surface area contributed by atoms with E-state index in [-0.39, 0.29) is 36.0 Å². The minimum absolute atomic E-state index is 0.00145. The van der Waals surface area contributed by atoms with Crippen LogP contribution in [0.2, 0.25) is 0 Å². The van der Waals surface area contributed by atoms with E-state index in [4.69, 9.17) is 9.31 Å². The van der Waals surface area contributed by atoms with Gasteiger partial charge in [0.25, 0.3) is 5.56 Å². The van der Waals surface area contributed by atoms with Crippen molar-refractivity contribution in [2.75, 3.05) is 10.6 Å². The summed E-state index contributed by atoms with van der Waals surface area (Å²) >= 11 is 0. The first-order valence-electron chi connectivity index (χ1n) is 17.8. The van der Waals surface area contributed by atoms with Crippen LogP contribution in [0.4, 0.5) is 29.3 Å². The maximum absolute atomic E-state index is 14.3. The summed E-state index contributed by atoms with van der Waals surface area (Å²) in [6, 6.07) is 12.0. The molecule has 15 heteroatoms. The summed E-state index contributed by atoms with van der Waals surface area (Å²) in [5, 5.41) is 11.7. The second-order valence-electron chi connectivity index (χ2n) is 15.7. The summed E-state index contributed by atoms with van der Waals surface area (Å²) in [5.74, 6) is 0.0679.